The van der Waals surface area contributed by atoms with Gasteiger partial charge < -0.3 is 14.6 Å². The van der Waals surface area contributed by atoms with Crippen molar-refractivity contribution in [2.75, 3.05) is 12.4 Å². The molecule has 0 atom stereocenters. The van der Waals surface area contributed by atoms with Gasteiger partial charge in [0.1, 0.15) is 12.3 Å². The molecule has 0 spiro atoms. The van der Waals surface area contributed by atoms with Crippen LogP contribution in [0, 0.1) is 13.8 Å². The fourth-order valence-corrected chi connectivity index (χ4v) is 3.76. The Morgan fingerprint density at radius 1 is 0.939 bits per heavy atom. The number of aromatic nitrogens is 1. The fourth-order valence-electron chi connectivity index (χ4n) is 3.76. The van der Waals surface area contributed by atoms with Crippen LogP contribution in [0.3, 0.4) is 0 Å². The molecule has 4 aromatic rings. The van der Waals surface area contributed by atoms with E-state index in [1.807, 2.05) is 38.1 Å². The summed E-state index contributed by atoms with van der Waals surface area (Å²) in [7, 11) is 1.53. The molecule has 4 rings (SSSR count). The van der Waals surface area contributed by atoms with Gasteiger partial charge in [0.15, 0.2) is 5.78 Å². The topological polar surface area (TPSA) is 77.4 Å². The number of rotatable bonds is 6. The third-order valence-electron chi connectivity index (χ3n) is 5.49. The minimum absolute atomic E-state index is 0.0297. The van der Waals surface area contributed by atoms with Crippen LogP contribution in [0.15, 0.2) is 77.7 Å². The standard InChI is InChI=1S/C27H24N2O4/c1-17-8-11-19(12-9-17)26(31)21-15-29(23-13-10-18(2)14-20(23)27(21)32)16-25(30)28-22-6-4-5-7-24(22)33-3/h4-15H,16H2,1-3H3,(H,28,30). The van der Waals surface area contributed by atoms with E-state index in [2.05, 4.69) is 5.32 Å². The van der Waals surface area contributed by atoms with E-state index in [-0.39, 0.29) is 29.2 Å². The van der Waals surface area contributed by atoms with E-state index in [0.717, 1.165) is 11.1 Å². The molecule has 0 bridgehead atoms. The summed E-state index contributed by atoms with van der Waals surface area (Å²) in [5.74, 6) is -0.137. The molecular formula is C27H24N2O4. The van der Waals surface area contributed by atoms with Crippen molar-refractivity contribution in [3.8, 4) is 5.75 Å². The zero-order chi connectivity index (χ0) is 23.5. The van der Waals surface area contributed by atoms with Crippen LogP contribution in [0.2, 0.25) is 0 Å². The number of ketones is 1. The number of amides is 1. The lowest BCUT2D eigenvalue weighted by Crippen LogP contribution is -2.24. The van der Waals surface area contributed by atoms with E-state index in [9.17, 15) is 14.4 Å². The first kappa shape index (κ1) is 22.0. The first-order chi connectivity index (χ1) is 15.9. The number of benzene rings is 3. The van der Waals surface area contributed by atoms with Crippen LogP contribution < -0.4 is 15.5 Å². The number of pyridine rings is 1. The average molecular weight is 440 g/mol. The minimum atomic E-state index is -0.373. The zero-order valence-electron chi connectivity index (χ0n) is 18.7. The van der Waals surface area contributed by atoms with Crippen molar-refractivity contribution in [2.24, 2.45) is 0 Å². The Kier molecular flexibility index (Phi) is 6.09. The summed E-state index contributed by atoms with van der Waals surface area (Å²) in [5.41, 5.74) is 3.15. The second-order valence-corrected chi connectivity index (χ2v) is 7.96. The molecule has 3 aromatic carbocycles. The van der Waals surface area contributed by atoms with E-state index in [1.54, 1.807) is 47.0 Å². The lowest BCUT2D eigenvalue weighted by Gasteiger charge is -2.15. The van der Waals surface area contributed by atoms with Gasteiger partial charge in [-0.2, -0.15) is 0 Å². The van der Waals surface area contributed by atoms with Gasteiger partial charge in [0.2, 0.25) is 11.3 Å². The molecule has 0 saturated heterocycles. The summed E-state index contributed by atoms with van der Waals surface area (Å²) in [5, 5.41) is 3.24. The number of fused-ring (bicyclic) bond motifs is 1. The van der Waals surface area contributed by atoms with E-state index in [0.29, 0.717) is 27.9 Å². The van der Waals surface area contributed by atoms with Crippen molar-refractivity contribution in [3.05, 3.63) is 105 Å². The highest BCUT2D eigenvalue weighted by molar-refractivity contribution is 6.10. The Bertz CT molecular complexity index is 1420. The molecule has 0 radical (unpaired) electrons. The largest absolute Gasteiger partial charge is 0.495 e. The van der Waals surface area contributed by atoms with Crippen molar-refractivity contribution in [2.45, 2.75) is 20.4 Å². The van der Waals surface area contributed by atoms with Crippen LogP contribution in [0.5, 0.6) is 5.75 Å². The second kappa shape index (κ2) is 9.12. The molecule has 1 heterocycles. The van der Waals surface area contributed by atoms with Gasteiger partial charge in [-0.25, -0.2) is 0 Å². The van der Waals surface area contributed by atoms with Gasteiger partial charge in [0.25, 0.3) is 0 Å². The molecule has 0 aliphatic rings. The normalized spacial score (nSPS) is 10.8. The molecule has 0 saturated carbocycles. The van der Waals surface area contributed by atoms with Crippen molar-refractivity contribution >= 4 is 28.3 Å². The number of hydrogen-bond donors (Lipinski definition) is 1. The number of para-hydroxylation sites is 2. The minimum Gasteiger partial charge on any atom is -0.495 e. The van der Waals surface area contributed by atoms with Crippen LogP contribution >= 0.6 is 0 Å². The highest BCUT2D eigenvalue weighted by Gasteiger charge is 2.18. The average Bonchev–Trinajstić information content (AvgIpc) is 2.81. The van der Waals surface area contributed by atoms with Crippen LogP contribution in [0.4, 0.5) is 5.69 Å². The number of carbonyl (C=O) groups is 2. The van der Waals surface area contributed by atoms with Gasteiger partial charge in [-0.1, -0.05) is 53.6 Å². The third-order valence-corrected chi connectivity index (χ3v) is 5.49. The molecule has 6 heteroatoms. The number of anilines is 1. The number of aryl methyl sites for hydroxylation is 2. The summed E-state index contributed by atoms with van der Waals surface area (Å²) < 4.78 is 6.94. The predicted octanol–water partition coefficient (Wildman–Crippen LogP) is 4.50. The van der Waals surface area contributed by atoms with Gasteiger partial charge in [-0.05, 0) is 38.1 Å². The number of nitrogens with one attached hydrogen (secondary N) is 1. The number of methoxy groups -OCH3 is 1. The SMILES string of the molecule is COc1ccccc1NC(=O)Cn1cc(C(=O)c2ccc(C)cc2)c(=O)c2cc(C)ccc21. The van der Waals surface area contributed by atoms with Crippen LogP contribution in [0.25, 0.3) is 10.9 Å². The highest BCUT2D eigenvalue weighted by Crippen LogP contribution is 2.23. The highest BCUT2D eigenvalue weighted by atomic mass is 16.5. The number of ether oxygens (including phenoxy) is 1. The molecular weight excluding hydrogens is 416 g/mol. The van der Waals surface area contributed by atoms with Crippen molar-refractivity contribution in [3.63, 3.8) is 0 Å². The summed E-state index contributed by atoms with van der Waals surface area (Å²) in [6.07, 6.45) is 1.48. The molecule has 0 fully saturated rings. The Balaban J connectivity index is 1.76. The van der Waals surface area contributed by atoms with Gasteiger partial charge in [-0.15, -0.1) is 0 Å². The molecule has 6 nitrogen and oxygen atoms in total. The quantitative estimate of drug-likeness (QED) is 0.448. The Labute approximate surface area is 191 Å². The molecule has 1 aromatic heterocycles. The van der Waals surface area contributed by atoms with Gasteiger partial charge >= 0.3 is 0 Å². The molecule has 0 unspecified atom stereocenters. The third kappa shape index (κ3) is 4.55. The maximum atomic E-state index is 13.2. The Morgan fingerprint density at radius 3 is 2.36 bits per heavy atom. The lowest BCUT2D eigenvalue weighted by molar-refractivity contribution is -0.116. The van der Waals surface area contributed by atoms with E-state index >= 15 is 0 Å². The second-order valence-electron chi connectivity index (χ2n) is 7.96. The van der Waals surface area contributed by atoms with Crippen LogP contribution in [-0.2, 0) is 11.3 Å². The van der Waals surface area contributed by atoms with Crippen LogP contribution in [-0.4, -0.2) is 23.4 Å². The summed E-state index contributed by atoms with van der Waals surface area (Å²) in [4.78, 5) is 39.3. The Hall–Kier alpha value is -4.19. The zero-order valence-corrected chi connectivity index (χ0v) is 18.7. The van der Waals surface area contributed by atoms with Gasteiger partial charge in [0.05, 0.1) is 23.9 Å². The molecule has 1 amide bonds. The molecule has 0 aliphatic carbocycles. The van der Waals surface area contributed by atoms with Crippen molar-refractivity contribution in [1.29, 1.82) is 0 Å². The maximum Gasteiger partial charge on any atom is 0.244 e. The molecule has 33 heavy (non-hydrogen) atoms. The van der Waals surface area contributed by atoms with Crippen molar-refractivity contribution < 1.29 is 14.3 Å². The molecule has 0 aliphatic heterocycles. The first-order valence-corrected chi connectivity index (χ1v) is 10.6. The monoisotopic (exact) mass is 440 g/mol. The number of hydrogen-bond acceptors (Lipinski definition) is 4. The van der Waals surface area contributed by atoms with Crippen LogP contribution in [0.1, 0.15) is 27.0 Å². The van der Waals surface area contributed by atoms with Crippen molar-refractivity contribution in [1.82, 2.24) is 4.57 Å². The smallest absolute Gasteiger partial charge is 0.244 e. The lowest BCUT2D eigenvalue weighted by atomic mass is 10.0. The van der Waals surface area contributed by atoms with E-state index < -0.39 is 0 Å². The van der Waals surface area contributed by atoms with E-state index in [4.69, 9.17) is 4.74 Å². The predicted molar refractivity (Wildman–Crippen MR) is 129 cm³/mol. The summed E-state index contributed by atoms with van der Waals surface area (Å²) >= 11 is 0. The molecule has 1 N–H and O–H groups in total. The van der Waals surface area contributed by atoms with Gasteiger partial charge in [-0.3, -0.25) is 14.4 Å². The van der Waals surface area contributed by atoms with Gasteiger partial charge in [0, 0.05) is 17.1 Å². The number of carbonyl (C=O) groups excluding carboxylic acids is 2. The fraction of sp³-hybridized carbons (Fsp3) is 0.148. The molecule has 166 valence electrons. The van der Waals surface area contributed by atoms with E-state index in [1.165, 1.54) is 13.3 Å². The summed E-state index contributed by atoms with van der Waals surface area (Å²) in [6.45, 7) is 3.73. The maximum absolute atomic E-state index is 13.2. The first-order valence-electron chi connectivity index (χ1n) is 10.6. The number of nitrogens with zero attached hydrogens (tertiary/aromatic N) is 1. The Morgan fingerprint density at radius 2 is 1.64 bits per heavy atom. The summed E-state index contributed by atoms with van der Waals surface area (Å²) in [6, 6.07) is 19.6.